The van der Waals surface area contributed by atoms with E-state index >= 15 is 0 Å². The zero-order valence-electron chi connectivity index (χ0n) is 14.7. The third-order valence-electron chi connectivity index (χ3n) is 4.18. The SMILES string of the molecule is CCc1ccccc1NC(=O)C(C)(C)C(=O)NCc1ccccc1F. The Hall–Kier alpha value is -2.69. The van der Waals surface area contributed by atoms with Crippen LogP contribution < -0.4 is 10.6 Å². The molecule has 132 valence electrons. The summed E-state index contributed by atoms with van der Waals surface area (Å²) in [4.78, 5) is 25.0. The van der Waals surface area contributed by atoms with Crippen LogP contribution in [-0.2, 0) is 22.6 Å². The van der Waals surface area contributed by atoms with Crippen LogP contribution >= 0.6 is 0 Å². The van der Waals surface area contributed by atoms with Crippen LogP contribution in [0.3, 0.4) is 0 Å². The largest absolute Gasteiger partial charge is 0.351 e. The smallest absolute Gasteiger partial charge is 0.239 e. The first kappa shape index (κ1) is 18.6. The summed E-state index contributed by atoms with van der Waals surface area (Å²) in [5, 5.41) is 5.45. The fraction of sp³-hybridized carbons (Fsp3) is 0.300. The number of halogens is 1. The maximum Gasteiger partial charge on any atom is 0.239 e. The topological polar surface area (TPSA) is 58.2 Å². The van der Waals surface area contributed by atoms with Gasteiger partial charge >= 0.3 is 0 Å². The summed E-state index contributed by atoms with van der Waals surface area (Å²) in [6.07, 6.45) is 0.774. The van der Waals surface area contributed by atoms with E-state index in [0.29, 0.717) is 11.3 Å². The molecule has 0 radical (unpaired) electrons. The van der Waals surface area contributed by atoms with E-state index < -0.39 is 17.2 Å². The number of nitrogens with one attached hydrogen (secondary N) is 2. The molecule has 2 rings (SSSR count). The highest BCUT2D eigenvalue weighted by molar-refractivity contribution is 6.10. The van der Waals surface area contributed by atoms with Gasteiger partial charge in [0, 0.05) is 17.8 Å². The van der Waals surface area contributed by atoms with Gasteiger partial charge in [0.25, 0.3) is 0 Å². The van der Waals surface area contributed by atoms with Crippen molar-refractivity contribution in [3.8, 4) is 0 Å². The highest BCUT2D eigenvalue weighted by Gasteiger charge is 2.36. The summed E-state index contributed by atoms with van der Waals surface area (Å²) in [6, 6.07) is 13.7. The number of hydrogen-bond donors (Lipinski definition) is 2. The molecule has 2 N–H and O–H groups in total. The molecule has 4 nitrogen and oxygen atoms in total. The molecule has 0 atom stereocenters. The first-order valence-electron chi connectivity index (χ1n) is 8.27. The zero-order valence-corrected chi connectivity index (χ0v) is 14.7. The molecule has 2 aromatic rings. The molecule has 0 unspecified atom stereocenters. The summed E-state index contributed by atoms with van der Waals surface area (Å²) in [5.74, 6) is -1.25. The average molecular weight is 342 g/mol. The second-order valence-corrected chi connectivity index (χ2v) is 6.36. The Morgan fingerprint density at radius 1 is 0.960 bits per heavy atom. The molecule has 5 heteroatoms. The predicted octanol–water partition coefficient (Wildman–Crippen LogP) is 3.67. The van der Waals surface area contributed by atoms with Crippen molar-refractivity contribution in [2.75, 3.05) is 5.32 Å². The van der Waals surface area contributed by atoms with Crippen molar-refractivity contribution >= 4 is 17.5 Å². The van der Waals surface area contributed by atoms with Crippen LogP contribution in [0.25, 0.3) is 0 Å². The molecule has 0 bridgehead atoms. The molecule has 25 heavy (non-hydrogen) atoms. The molecule has 0 saturated carbocycles. The molecular formula is C20H23FN2O2. The number of amides is 2. The first-order valence-corrected chi connectivity index (χ1v) is 8.27. The fourth-order valence-electron chi connectivity index (χ4n) is 2.37. The van der Waals surface area contributed by atoms with Gasteiger partial charge in [-0.3, -0.25) is 9.59 Å². The van der Waals surface area contributed by atoms with Crippen molar-refractivity contribution in [3.05, 3.63) is 65.5 Å². The quantitative estimate of drug-likeness (QED) is 0.787. The Bertz CT molecular complexity index is 772. The lowest BCUT2D eigenvalue weighted by atomic mass is 9.90. The second-order valence-electron chi connectivity index (χ2n) is 6.36. The second kappa shape index (κ2) is 7.92. The van der Waals surface area contributed by atoms with Gasteiger partial charge in [-0.25, -0.2) is 4.39 Å². The molecular weight excluding hydrogens is 319 g/mol. The number of carbonyl (C=O) groups excluding carboxylic acids is 2. The molecule has 0 aliphatic rings. The Morgan fingerprint density at radius 2 is 1.56 bits per heavy atom. The molecule has 0 aliphatic carbocycles. The highest BCUT2D eigenvalue weighted by atomic mass is 19.1. The van der Waals surface area contributed by atoms with Gasteiger partial charge in [0.2, 0.25) is 11.8 Å². The van der Waals surface area contributed by atoms with Crippen LogP contribution in [0, 0.1) is 11.2 Å². The summed E-state index contributed by atoms with van der Waals surface area (Å²) in [6.45, 7) is 5.13. The number of para-hydroxylation sites is 1. The van der Waals surface area contributed by atoms with Gasteiger partial charge in [-0.2, -0.15) is 0 Å². The van der Waals surface area contributed by atoms with Crippen molar-refractivity contribution in [2.45, 2.75) is 33.7 Å². The van der Waals surface area contributed by atoms with Gasteiger partial charge < -0.3 is 10.6 Å². The number of benzene rings is 2. The van der Waals surface area contributed by atoms with Gasteiger partial charge in [-0.05, 0) is 38.0 Å². The van der Waals surface area contributed by atoms with E-state index in [1.54, 1.807) is 32.0 Å². The van der Waals surface area contributed by atoms with E-state index in [1.165, 1.54) is 6.07 Å². The summed E-state index contributed by atoms with van der Waals surface area (Å²) < 4.78 is 13.6. The number of rotatable bonds is 6. The lowest BCUT2D eigenvalue weighted by Crippen LogP contribution is -2.45. The predicted molar refractivity (Wildman–Crippen MR) is 96.5 cm³/mol. The van der Waals surface area contributed by atoms with Crippen LogP contribution in [0.1, 0.15) is 31.9 Å². The van der Waals surface area contributed by atoms with Crippen molar-refractivity contribution in [2.24, 2.45) is 5.41 Å². The van der Waals surface area contributed by atoms with Gasteiger partial charge in [0.15, 0.2) is 0 Å². The Kier molecular flexibility index (Phi) is 5.91. The molecule has 0 heterocycles. The summed E-state index contributed by atoms with van der Waals surface area (Å²) >= 11 is 0. The van der Waals surface area contributed by atoms with Gasteiger partial charge in [0.1, 0.15) is 11.2 Å². The van der Waals surface area contributed by atoms with Crippen LogP contribution in [-0.4, -0.2) is 11.8 Å². The summed E-state index contributed by atoms with van der Waals surface area (Å²) in [7, 11) is 0. The van der Waals surface area contributed by atoms with E-state index in [9.17, 15) is 14.0 Å². The maximum atomic E-state index is 13.6. The highest BCUT2D eigenvalue weighted by Crippen LogP contribution is 2.22. The third kappa shape index (κ3) is 4.44. The van der Waals surface area contributed by atoms with E-state index in [0.717, 1.165) is 12.0 Å². The monoisotopic (exact) mass is 342 g/mol. The van der Waals surface area contributed by atoms with Crippen molar-refractivity contribution < 1.29 is 14.0 Å². The van der Waals surface area contributed by atoms with E-state index in [-0.39, 0.29) is 12.4 Å². The standard InChI is InChI=1S/C20H23FN2O2/c1-4-14-9-6-8-12-17(14)23-19(25)20(2,3)18(24)22-13-15-10-5-7-11-16(15)21/h5-12H,4,13H2,1-3H3,(H,22,24)(H,23,25). The Labute approximate surface area is 147 Å². The molecule has 0 aromatic heterocycles. The van der Waals surface area contributed by atoms with Gasteiger partial charge in [-0.15, -0.1) is 0 Å². The lowest BCUT2D eigenvalue weighted by Gasteiger charge is -2.23. The third-order valence-corrected chi connectivity index (χ3v) is 4.18. The zero-order chi connectivity index (χ0) is 18.4. The van der Waals surface area contributed by atoms with Crippen LogP contribution in [0.4, 0.5) is 10.1 Å². The number of hydrogen-bond acceptors (Lipinski definition) is 2. The van der Waals surface area contributed by atoms with Crippen molar-refractivity contribution in [1.29, 1.82) is 0 Å². The summed E-state index contributed by atoms with van der Waals surface area (Å²) in [5.41, 5.74) is 0.790. The number of anilines is 1. The molecule has 2 amide bonds. The molecule has 0 aliphatic heterocycles. The first-order chi connectivity index (χ1) is 11.9. The van der Waals surface area contributed by atoms with Crippen LogP contribution in [0.15, 0.2) is 48.5 Å². The lowest BCUT2D eigenvalue weighted by molar-refractivity contribution is -0.138. The van der Waals surface area contributed by atoms with Gasteiger partial charge in [0.05, 0.1) is 0 Å². The maximum absolute atomic E-state index is 13.6. The minimum absolute atomic E-state index is 0.0355. The minimum Gasteiger partial charge on any atom is -0.351 e. The van der Waals surface area contributed by atoms with Crippen molar-refractivity contribution in [3.63, 3.8) is 0 Å². The molecule has 0 saturated heterocycles. The Morgan fingerprint density at radius 3 is 2.20 bits per heavy atom. The van der Waals surface area contributed by atoms with E-state index in [2.05, 4.69) is 10.6 Å². The Balaban J connectivity index is 2.04. The normalized spacial score (nSPS) is 11.0. The number of carbonyl (C=O) groups is 2. The van der Waals surface area contributed by atoms with Crippen LogP contribution in [0.2, 0.25) is 0 Å². The van der Waals surface area contributed by atoms with Crippen molar-refractivity contribution in [1.82, 2.24) is 5.32 Å². The minimum atomic E-state index is -1.29. The number of aryl methyl sites for hydroxylation is 1. The molecule has 2 aromatic carbocycles. The average Bonchev–Trinajstić information content (AvgIpc) is 2.61. The van der Waals surface area contributed by atoms with Gasteiger partial charge in [-0.1, -0.05) is 43.3 Å². The molecule has 0 fully saturated rings. The van der Waals surface area contributed by atoms with E-state index in [4.69, 9.17) is 0 Å². The molecule has 0 spiro atoms. The fourth-order valence-corrected chi connectivity index (χ4v) is 2.37. The van der Waals surface area contributed by atoms with E-state index in [1.807, 2.05) is 31.2 Å². The van der Waals surface area contributed by atoms with Crippen LogP contribution in [0.5, 0.6) is 0 Å².